The Morgan fingerprint density at radius 3 is 2.35 bits per heavy atom. The molecule has 2 rings (SSSR count). The zero-order chi connectivity index (χ0) is 14.2. The Bertz CT molecular complexity index is 558. The predicted octanol–water partition coefficient (Wildman–Crippen LogP) is 3.21. The summed E-state index contributed by atoms with van der Waals surface area (Å²) in [7, 11) is 1.71. The van der Waals surface area contributed by atoms with E-state index in [1.165, 1.54) is 5.56 Å². The van der Waals surface area contributed by atoms with Crippen molar-refractivity contribution in [1.29, 1.82) is 5.26 Å². The van der Waals surface area contributed by atoms with Gasteiger partial charge in [-0.1, -0.05) is 30.3 Å². The van der Waals surface area contributed by atoms with Crippen LogP contribution in [0.2, 0.25) is 0 Å². The van der Waals surface area contributed by atoms with Crippen LogP contribution in [0.3, 0.4) is 0 Å². The van der Waals surface area contributed by atoms with Crippen LogP contribution in [0.1, 0.15) is 11.1 Å². The maximum Gasteiger partial charge on any atom is 0.0991 e. The van der Waals surface area contributed by atoms with Gasteiger partial charge in [-0.2, -0.15) is 5.26 Å². The summed E-state index contributed by atoms with van der Waals surface area (Å²) in [5.41, 5.74) is 3.04. The van der Waals surface area contributed by atoms with Gasteiger partial charge in [0.15, 0.2) is 0 Å². The fraction of sp³-hybridized carbons (Fsp3) is 0.235. The van der Waals surface area contributed by atoms with E-state index in [0.29, 0.717) is 12.2 Å². The standard InChI is InChI=1S/C17H18N2O/c1-20-12-11-19(14-16-5-3-2-4-6-16)17-9-7-15(13-18)8-10-17/h2-10H,11-12,14H2,1H3. The number of hydrogen-bond acceptors (Lipinski definition) is 3. The van der Waals surface area contributed by atoms with Crippen molar-refractivity contribution < 1.29 is 4.74 Å². The largest absolute Gasteiger partial charge is 0.383 e. The highest BCUT2D eigenvalue weighted by Gasteiger charge is 2.07. The molecule has 0 bridgehead atoms. The molecule has 0 N–H and O–H groups in total. The van der Waals surface area contributed by atoms with E-state index < -0.39 is 0 Å². The molecule has 0 aromatic heterocycles. The molecule has 2 aromatic carbocycles. The number of nitriles is 1. The summed E-state index contributed by atoms with van der Waals surface area (Å²) in [6, 6.07) is 20.1. The maximum absolute atomic E-state index is 8.86. The van der Waals surface area contributed by atoms with E-state index in [1.54, 1.807) is 7.11 Å². The molecule has 0 spiro atoms. The molecule has 0 amide bonds. The van der Waals surface area contributed by atoms with Crippen molar-refractivity contribution in [2.45, 2.75) is 6.54 Å². The molecule has 3 heteroatoms. The fourth-order valence-corrected chi connectivity index (χ4v) is 2.05. The molecule has 0 atom stereocenters. The molecule has 3 nitrogen and oxygen atoms in total. The van der Waals surface area contributed by atoms with Gasteiger partial charge in [0.05, 0.1) is 18.2 Å². The second-order valence-electron chi connectivity index (χ2n) is 4.56. The first-order chi connectivity index (χ1) is 9.83. The van der Waals surface area contributed by atoms with E-state index in [4.69, 9.17) is 10.00 Å². The number of methoxy groups -OCH3 is 1. The van der Waals surface area contributed by atoms with Crippen molar-refractivity contribution in [1.82, 2.24) is 0 Å². The summed E-state index contributed by atoms with van der Waals surface area (Å²) in [6.07, 6.45) is 0. The van der Waals surface area contributed by atoms with Gasteiger partial charge in [-0.15, -0.1) is 0 Å². The molecular formula is C17H18N2O. The van der Waals surface area contributed by atoms with E-state index in [2.05, 4.69) is 23.1 Å². The number of benzene rings is 2. The lowest BCUT2D eigenvalue weighted by Gasteiger charge is -2.24. The van der Waals surface area contributed by atoms with Crippen LogP contribution in [0.15, 0.2) is 54.6 Å². The van der Waals surface area contributed by atoms with Crippen LogP contribution >= 0.6 is 0 Å². The molecule has 0 aliphatic heterocycles. The van der Waals surface area contributed by atoms with Crippen molar-refractivity contribution >= 4 is 5.69 Å². The van der Waals surface area contributed by atoms with Crippen molar-refractivity contribution in [3.63, 3.8) is 0 Å². The Balaban J connectivity index is 2.15. The molecule has 102 valence electrons. The second-order valence-corrected chi connectivity index (χ2v) is 4.56. The van der Waals surface area contributed by atoms with Gasteiger partial charge in [0, 0.05) is 25.9 Å². The minimum atomic E-state index is 0.673. The van der Waals surface area contributed by atoms with Crippen LogP contribution < -0.4 is 4.90 Å². The third kappa shape index (κ3) is 3.84. The number of ether oxygens (including phenoxy) is 1. The molecule has 0 unspecified atom stereocenters. The molecule has 20 heavy (non-hydrogen) atoms. The molecule has 0 radical (unpaired) electrons. The Morgan fingerprint density at radius 1 is 1.05 bits per heavy atom. The third-order valence-electron chi connectivity index (χ3n) is 3.14. The normalized spacial score (nSPS) is 10.0. The second kappa shape index (κ2) is 7.32. The number of anilines is 1. The Hall–Kier alpha value is -2.31. The molecule has 0 aliphatic rings. The summed E-state index contributed by atoms with van der Waals surface area (Å²) < 4.78 is 5.18. The predicted molar refractivity (Wildman–Crippen MR) is 80.5 cm³/mol. The minimum absolute atomic E-state index is 0.673. The minimum Gasteiger partial charge on any atom is -0.383 e. The summed E-state index contributed by atoms with van der Waals surface area (Å²) in [6.45, 7) is 2.32. The Labute approximate surface area is 120 Å². The van der Waals surface area contributed by atoms with E-state index in [1.807, 2.05) is 42.5 Å². The van der Waals surface area contributed by atoms with Gasteiger partial charge in [0.25, 0.3) is 0 Å². The van der Waals surface area contributed by atoms with E-state index in [9.17, 15) is 0 Å². The molecule has 0 saturated carbocycles. The first-order valence-corrected chi connectivity index (χ1v) is 6.61. The van der Waals surface area contributed by atoms with E-state index in [-0.39, 0.29) is 0 Å². The summed E-state index contributed by atoms with van der Waals surface area (Å²) in [5, 5.41) is 8.86. The average Bonchev–Trinajstić information content (AvgIpc) is 2.52. The number of rotatable bonds is 6. The van der Waals surface area contributed by atoms with Crippen LogP contribution in [-0.2, 0) is 11.3 Å². The number of hydrogen-bond donors (Lipinski definition) is 0. The van der Waals surface area contributed by atoms with Crippen LogP contribution in [0.25, 0.3) is 0 Å². The first-order valence-electron chi connectivity index (χ1n) is 6.61. The lowest BCUT2D eigenvalue weighted by molar-refractivity contribution is 0.205. The zero-order valence-electron chi connectivity index (χ0n) is 11.6. The van der Waals surface area contributed by atoms with Crippen molar-refractivity contribution in [2.24, 2.45) is 0 Å². The highest BCUT2D eigenvalue weighted by atomic mass is 16.5. The zero-order valence-corrected chi connectivity index (χ0v) is 11.6. The Morgan fingerprint density at radius 2 is 1.75 bits per heavy atom. The van der Waals surface area contributed by atoms with Crippen LogP contribution in [0.5, 0.6) is 0 Å². The number of nitrogens with zero attached hydrogens (tertiary/aromatic N) is 2. The third-order valence-corrected chi connectivity index (χ3v) is 3.14. The topological polar surface area (TPSA) is 36.3 Å². The lowest BCUT2D eigenvalue weighted by atomic mass is 10.1. The van der Waals surface area contributed by atoms with Gasteiger partial charge in [-0.05, 0) is 29.8 Å². The Kier molecular flexibility index (Phi) is 5.16. The smallest absolute Gasteiger partial charge is 0.0991 e. The molecule has 0 aliphatic carbocycles. The maximum atomic E-state index is 8.86. The van der Waals surface area contributed by atoms with E-state index >= 15 is 0 Å². The average molecular weight is 266 g/mol. The first kappa shape index (κ1) is 14.1. The van der Waals surface area contributed by atoms with Gasteiger partial charge in [0.1, 0.15) is 0 Å². The van der Waals surface area contributed by atoms with Crippen LogP contribution in [0, 0.1) is 11.3 Å². The lowest BCUT2D eigenvalue weighted by Crippen LogP contribution is -2.26. The van der Waals surface area contributed by atoms with E-state index in [0.717, 1.165) is 18.8 Å². The highest BCUT2D eigenvalue weighted by Crippen LogP contribution is 2.17. The van der Waals surface area contributed by atoms with Crippen molar-refractivity contribution in [3.05, 3.63) is 65.7 Å². The molecule has 2 aromatic rings. The van der Waals surface area contributed by atoms with Gasteiger partial charge >= 0.3 is 0 Å². The van der Waals surface area contributed by atoms with Gasteiger partial charge in [-0.3, -0.25) is 0 Å². The van der Waals surface area contributed by atoms with Crippen molar-refractivity contribution in [2.75, 3.05) is 25.2 Å². The SMILES string of the molecule is COCCN(Cc1ccccc1)c1ccc(C#N)cc1. The summed E-state index contributed by atoms with van der Waals surface area (Å²) >= 11 is 0. The van der Waals surface area contributed by atoms with Crippen LogP contribution in [-0.4, -0.2) is 20.3 Å². The van der Waals surface area contributed by atoms with Gasteiger partial charge in [-0.25, -0.2) is 0 Å². The molecule has 0 fully saturated rings. The van der Waals surface area contributed by atoms with Crippen molar-refractivity contribution in [3.8, 4) is 6.07 Å². The van der Waals surface area contributed by atoms with Crippen LogP contribution in [0.4, 0.5) is 5.69 Å². The highest BCUT2D eigenvalue weighted by molar-refractivity contribution is 5.50. The summed E-state index contributed by atoms with van der Waals surface area (Å²) in [4.78, 5) is 2.25. The molecular weight excluding hydrogens is 248 g/mol. The quantitative estimate of drug-likeness (QED) is 0.805. The van der Waals surface area contributed by atoms with Gasteiger partial charge < -0.3 is 9.64 Å². The fourth-order valence-electron chi connectivity index (χ4n) is 2.05. The monoisotopic (exact) mass is 266 g/mol. The summed E-state index contributed by atoms with van der Waals surface area (Å²) in [5.74, 6) is 0. The van der Waals surface area contributed by atoms with Gasteiger partial charge in [0.2, 0.25) is 0 Å². The molecule has 0 heterocycles. The molecule has 0 saturated heterocycles.